The summed E-state index contributed by atoms with van der Waals surface area (Å²) in [6.45, 7) is 9.48. The Hall–Kier alpha value is -1.27. The quantitative estimate of drug-likeness (QED) is 0.0455. The van der Waals surface area contributed by atoms with Crippen molar-refractivity contribution in [2.24, 2.45) is 0 Å². The average Bonchev–Trinajstić information content (AvgIpc) is 3.35. The van der Waals surface area contributed by atoms with Crippen LogP contribution >= 0.6 is 0 Å². The van der Waals surface area contributed by atoms with Crippen LogP contribution in [-0.4, -0.2) is 45.2 Å². The van der Waals surface area contributed by atoms with Gasteiger partial charge in [0.1, 0.15) is 11.2 Å². The normalized spacial score (nSPS) is 16.5. The van der Waals surface area contributed by atoms with Gasteiger partial charge in [0.05, 0.1) is 0 Å². The number of unbranched alkanes of at least 4 members (excludes halogenated alkanes) is 24. The van der Waals surface area contributed by atoms with Crippen molar-refractivity contribution < 1.29 is 29.6 Å². The summed E-state index contributed by atoms with van der Waals surface area (Å²) >= 11 is 0. The highest BCUT2D eigenvalue weighted by Gasteiger charge is 2.60. The summed E-state index contributed by atoms with van der Waals surface area (Å²) < 4.78 is 12.6. The third-order valence-corrected chi connectivity index (χ3v) is 10.8. The summed E-state index contributed by atoms with van der Waals surface area (Å²) in [6.07, 6.45) is 32.5. The molecule has 0 spiro atoms. The number of hydrogen-bond acceptors (Lipinski definition) is 6. The number of cyclic esters (lactones) is 1. The van der Waals surface area contributed by atoms with Crippen molar-refractivity contribution >= 4 is 5.97 Å². The van der Waals surface area contributed by atoms with Gasteiger partial charge in [0.2, 0.25) is 5.76 Å². The zero-order valence-electron chi connectivity index (χ0n) is 32.3. The highest BCUT2D eigenvalue weighted by atomic mass is 16.6. The van der Waals surface area contributed by atoms with Gasteiger partial charge in [-0.15, -0.1) is 0 Å². The first-order valence-electron chi connectivity index (χ1n) is 21.0. The molecule has 0 amide bonds. The number of carbonyl (C=O) groups is 1. The number of hydrogen-bond donors (Lipinski definition) is 3. The number of ether oxygens (including phenoxy) is 2. The molecule has 2 atom stereocenters. The highest BCUT2D eigenvalue weighted by Crippen LogP contribution is 2.47. The smallest absolute Gasteiger partial charge is 0.378 e. The van der Waals surface area contributed by atoms with E-state index in [1.54, 1.807) is 0 Å². The van der Waals surface area contributed by atoms with Gasteiger partial charge in [-0.3, -0.25) is 0 Å². The second kappa shape index (κ2) is 28.4. The lowest BCUT2D eigenvalue weighted by molar-refractivity contribution is -0.236. The third kappa shape index (κ3) is 17.1. The molecular weight excluding hydrogens is 600 g/mol. The predicted octanol–water partition coefficient (Wildman–Crippen LogP) is 12.9. The van der Waals surface area contributed by atoms with Gasteiger partial charge in [-0.25, -0.2) is 4.79 Å². The van der Waals surface area contributed by atoms with Gasteiger partial charge in [0.25, 0.3) is 0 Å². The van der Waals surface area contributed by atoms with Crippen molar-refractivity contribution in [2.45, 2.75) is 244 Å². The first-order valence-corrected chi connectivity index (χ1v) is 21.0. The minimum Gasteiger partial charge on any atom is -0.505 e. The molecule has 1 heterocycles. The van der Waals surface area contributed by atoms with Gasteiger partial charge in [-0.05, 0) is 25.7 Å². The van der Waals surface area contributed by atoms with Crippen LogP contribution in [0.4, 0.5) is 0 Å². The number of esters is 1. The molecule has 3 N–H and O–H groups in total. The molecule has 0 aromatic carbocycles. The van der Waals surface area contributed by atoms with Crippen molar-refractivity contribution in [1.82, 2.24) is 0 Å². The molecule has 1 rings (SSSR count). The van der Waals surface area contributed by atoms with Crippen LogP contribution in [0, 0.1) is 0 Å². The predicted molar refractivity (Wildman–Crippen MR) is 202 cm³/mol. The molecule has 0 saturated heterocycles. The number of rotatable bonds is 35. The zero-order valence-corrected chi connectivity index (χ0v) is 32.3. The van der Waals surface area contributed by atoms with E-state index in [2.05, 4.69) is 27.7 Å². The molecule has 48 heavy (non-hydrogen) atoms. The van der Waals surface area contributed by atoms with E-state index in [0.717, 1.165) is 70.6 Å². The molecule has 1 aliphatic heterocycles. The summed E-state index contributed by atoms with van der Waals surface area (Å²) in [6, 6.07) is 0. The van der Waals surface area contributed by atoms with Crippen molar-refractivity contribution in [3.63, 3.8) is 0 Å². The Balaban J connectivity index is 3.30. The van der Waals surface area contributed by atoms with Crippen molar-refractivity contribution in [1.29, 1.82) is 0 Å². The first-order chi connectivity index (χ1) is 23.3. The minimum absolute atomic E-state index is 0.361. The molecule has 284 valence electrons. The van der Waals surface area contributed by atoms with Gasteiger partial charge < -0.3 is 24.8 Å². The second-order valence-electron chi connectivity index (χ2n) is 15.0. The lowest BCUT2D eigenvalue weighted by Crippen LogP contribution is -2.63. The Morgan fingerprint density at radius 2 is 0.854 bits per heavy atom. The van der Waals surface area contributed by atoms with Crippen LogP contribution < -0.4 is 0 Å². The maximum atomic E-state index is 13.0. The van der Waals surface area contributed by atoms with Gasteiger partial charge in [-0.2, -0.15) is 0 Å². The van der Waals surface area contributed by atoms with Crippen molar-refractivity contribution in [3.05, 3.63) is 11.5 Å². The van der Waals surface area contributed by atoms with E-state index >= 15 is 0 Å². The van der Waals surface area contributed by atoms with E-state index in [0.29, 0.717) is 25.9 Å². The van der Waals surface area contributed by atoms with Gasteiger partial charge >= 0.3 is 5.97 Å². The second-order valence-corrected chi connectivity index (χ2v) is 15.0. The molecule has 1 aliphatic rings. The molecule has 0 aliphatic carbocycles. The van der Waals surface area contributed by atoms with Crippen LogP contribution in [0.15, 0.2) is 11.5 Å². The summed E-state index contributed by atoms with van der Waals surface area (Å²) in [5, 5.41) is 34.5. The molecule has 0 bridgehead atoms. The molecule has 6 nitrogen and oxygen atoms in total. The van der Waals surface area contributed by atoms with E-state index in [-0.39, 0.29) is 0 Å². The Kier molecular flexibility index (Phi) is 26.5. The summed E-state index contributed by atoms with van der Waals surface area (Å²) in [4.78, 5) is 12.6. The third-order valence-electron chi connectivity index (χ3n) is 10.8. The largest absolute Gasteiger partial charge is 0.505 e. The summed E-state index contributed by atoms with van der Waals surface area (Å²) in [7, 11) is 0. The lowest BCUT2D eigenvalue weighted by atomic mass is 9.69. The van der Waals surface area contributed by atoms with Crippen molar-refractivity contribution in [2.75, 3.05) is 6.61 Å². The summed E-state index contributed by atoms with van der Waals surface area (Å²) in [5.74, 6) is -2.26. The Morgan fingerprint density at radius 3 is 1.21 bits per heavy atom. The fourth-order valence-electron chi connectivity index (χ4n) is 7.61. The molecule has 6 heteroatoms. The molecule has 0 aromatic rings. The van der Waals surface area contributed by atoms with E-state index in [4.69, 9.17) is 9.47 Å². The van der Waals surface area contributed by atoms with Crippen LogP contribution in [0.5, 0.6) is 0 Å². The van der Waals surface area contributed by atoms with Gasteiger partial charge in [0.15, 0.2) is 11.9 Å². The Labute approximate surface area is 297 Å². The van der Waals surface area contributed by atoms with E-state index in [9.17, 15) is 20.1 Å². The van der Waals surface area contributed by atoms with Crippen molar-refractivity contribution in [3.8, 4) is 0 Å². The minimum atomic E-state index is -1.63. The lowest BCUT2D eigenvalue weighted by Gasteiger charge is -2.50. The number of aliphatic hydroxyl groups is 3. The molecule has 0 unspecified atom stereocenters. The number of aliphatic hydroxyl groups excluding tert-OH is 2. The standard InChI is InChI=1S/C42H80O6/c1-5-9-13-17-21-25-29-33-41(34-30-26-22-18-14-10-6-2,47-36-32-28-24-20-16-12-8-4)42(46,35-31-27-23-19-15-11-7-3)39-37(43)38(44)40(45)48-39/h39,43-44,46H,5-36H2,1-4H3/t39-,42+/m0/s1. The molecule has 0 radical (unpaired) electrons. The first kappa shape index (κ1) is 44.8. The van der Waals surface area contributed by atoms with E-state index in [1.165, 1.54) is 109 Å². The SMILES string of the molecule is CCCCCCCCCOC(CCCCCCCCC)(CCCCCCCCC)[C@@](O)(CCCCCCCCC)[C@H]1OC(=O)C(O)=C1O. The highest BCUT2D eigenvalue weighted by molar-refractivity contribution is 5.89. The fraction of sp³-hybridized carbons (Fsp3) is 0.929. The summed E-state index contributed by atoms with van der Waals surface area (Å²) in [5.41, 5.74) is -2.61. The van der Waals surface area contributed by atoms with Gasteiger partial charge in [0, 0.05) is 6.61 Å². The van der Waals surface area contributed by atoms with Crippen LogP contribution in [0.25, 0.3) is 0 Å². The Morgan fingerprint density at radius 1 is 0.521 bits per heavy atom. The fourth-order valence-corrected chi connectivity index (χ4v) is 7.61. The monoisotopic (exact) mass is 681 g/mol. The van der Waals surface area contributed by atoms with Crippen LogP contribution in [-0.2, 0) is 14.3 Å². The molecule has 0 fully saturated rings. The van der Waals surface area contributed by atoms with Gasteiger partial charge in [-0.1, -0.05) is 201 Å². The van der Waals surface area contributed by atoms with Crippen LogP contribution in [0.1, 0.15) is 227 Å². The van der Waals surface area contributed by atoms with E-state index in [1.807, 2.05) is 0 Å². The maximum absolute atomic E-state index is 13.0. The average molecular weight is 681 g/mol. The molecule has 0 saturated carbocycles. The van der Waals surface area contributed by atoms with Crippen LogP contribution in [0.3, 0.4) is 0 Å². The molecule has 0 aromatic heterocycles. The van der Waals surface area contributed by atoms with E-state index < -0.39 is 34.8 Å². The Bertz CT molecular complexity index is 792. The topological polar surface area (TPSA) is 96.2 Å². The molecular formula is C42H80O6. The zero-order chi connectivity index (χ0) is 35.4. The maximum Gasteiger partial charge on any atom is 0.378 e. The van der Waals surface area contributed by atoms with Crippen LogP contribution in [0.2, 0.25) is 0 Å². The number of carbonyl (C=O) groups excluding carboxylic acids is 1.